The summed E-state index contributed by atoms with van der Waals surface area (Å²) in [7, 11) is -3.77. The Hall–Kier alpha value is -2.61. The predicted octanol–water partition coefficient (Wildman–Crippen LogP) is 4.61. The summed E-state index contributed by atoms with van der Waals surface area (Å²) in [5.41, 5.74) is 1.03. The number of benzene rings is 3. The molecule has 0 aromatic heterocycles. The van der Waals surface area contributed by atoms with Crippen LogP contribution in [-0.4, -0.2) is 38.3 Å². The van der Waals surface area contributed by atoms with Crippen LogP contribution in [0.4, 0.5) is 0 Å². The maximum Gasteiger partial charge on any atom is 0.243 e. The molecular weight excluding hydrogens is 460 g/mol. The quantitative estimate of drug-likeness (QED) is 0.529. The summed E-state index contributed by atoms with van der Waals surface area (Å²) in [4.78, 5) is 13.0. The van der Waals surface area contributed by atoms with Gasteiger partial charge in [-0.25, -0.2) is 8.42 Å². The van der Waals surface area contributed by atoms with Crippen molar-refractivity contribution >= 4 is 38.3 Å². The van der Waals surface area contributed by atoms with E-state index in [-0.39, 0.29) is 22.4 Å². The van der Waals surface area contributed by atoms with Crippen LogP contribution in [0.5, 0.6) is 5.75 Å². The second-order valence-electron chi connectivity index (χ2n) is 8.08. The molecule has 3 aromatic rings. The second-order valence-corrected chi connectivity index (χ2v) is 10.4. The Morgan fingerprint density at radius 1 is 1.15 bits per heavy atom. The van der Waals surface area contributed by atoms with Gasteiger partial charge in [0.2, 0.25) is 15.9 Å². The Morgan fingerprint density at radius 2 is 1.94 bits per heavy atom. The number of nitrogens with one attached hydrogen (secondary N) is 1. The van der Waals surface area contributed by atoms with Crippen molar-refractivity contribution in [2.75, 3.05) is 19.7 Å². The van der Waals surface area contributed by atoms with Gasteiger partial charge in [-0.1, -0.05) is 54.1 Å². The van der Waals surface area contributed by atoms with Crippen molar-refractivity contribution in [2.45, 2.75) is 31.2 Å². The first-order valence-corrected chi connectivity index (χ1v) is 12.9. The molecule has 0 unspecified atom stereocenters. The van der Waals surface area contributed by atoms with E-state index in [9.17, 15) is 13.2 Å². The first kappa shape index (κ1) is 23.5. The zero-order valence-electron chi connectivity index (χ0n) is 18.5. The van der Waals surface area contributed by atoms with Gasteiger partial charge in [0, 0.05) is 19.6 Å². The lowest BCUT2D eigenvalue weighted by Crippen LogP contribution is -2.45. The SMILES string of the molecule is CCOc1ccc(S(=O)(=O)N2CCC[C@@H](C(=O)NCc3cccc4ccccc34)C2)cc1Cl. The Balaban J connectivity index is 1.44. The van der Waals surface area contributed by atoms with Crippen molar-refractivity contribution in [3.63, 3.8) is 0 Å². The fourth-order valence-electron chi connectivity index (χ4n) is 4.21. The highest BCUT2D eigenvalue weighted by molar-refractivity contribution is 7.89. The highest BCUT2D eigenvalue weighted by Crippen LogP contribution is 2.30. The average molecular weight is 487 g/mol. The average Bonchev–Trinajstić information content (AvgIpc) is 2.84. The zero-order chi connectivity index (χ0) is 23.4. The Bertz CT molecular complexity index is 1260. The minimum atomic E-state index is -3.77. The third-order valence-corrected chi connectivity index (χ3v) is 8.09. The molecule has 6 nitrogen and oxygen atoms in total. The molecule has 0 spiro atoms. The molecule has 33 heavy (non-hydrogen) atoms. The van der Waals surface area contributed by atoms with Crippen molar-refractivity contribution in [2.24, 2.45) is 5.92 Å². The summed E-state index contributed by atoms with van der Waals surface area (Å²) in [5.74, 6) is -0.0864. The molecule has 1 N–H and O–H groups in total. The van der Waals surface area contributed by atoms with Crippen LogP contribution in [0, 0.1) is 5.92 Å². The molecule has 3 aromatic carbocycles. The molecule has 1 fully saturated rings. The molecule has 174 valence electrons. The molecule has 1 atom stereocenters. The minimum Gasteiger partial charge on any atom is -0.492 e. The number of rotatable bonds is 7. The van der Waals surface area contributed by atoms with E-state index in [1.54, 1.807) is 6.07 Å². The molecule has 0 bridgehead atoms. The topological polar surface area (TPSA) is 75.7 Å². The van der Waals surface area contributed by atoms with E-state index in [0.29, 0.717) is 38.3 Å². The number of carbonyl (C=O) groups is 1. The van der Waals surface area contributed by atoms with Gasteiger partial charge in [-0.2, -0.15) is 4.31 Å². The van der Waals surface area contributed by atoms with Crippen LogP contribution < -0.4 is 10.1 Å². The van der Waals surface area contributed by atoms with Gasteiger partial charge in [0.05, 0.1) is 22.4 Å². The number of amides is 1. The second kappa shape index (κ2) is 10.1. The van der Waals surface area contributed by atoms with Gasteiger partial charge >= 0.3 is 0 Å². The summed E-state index contributed by atoms with van der Waals surface area (Å²) in [6.45, 7) is 3.19. The van der Waals surface area contributed by atoms with Gasteiger partial charge in [-0.15, -0.1) is 0 Å². The van der Waals surface area contributed by atoms with Crippen LogP contribution >= 0.6 is 11.6 Å². The van der Waals surface area contributed by atoms with Crippen molar-refractivity contribution in [3.05, 3.63) is 71.2 Å². The normalized spacial score (nSPS) is 17.1. The van der Waals surface area contributed by atoms with E-state index >= 15 is 0 Å². The molecular formula is C25H27ClN2O4S. The lowest BCUT2D eigenvalue weighted by molar-refractivity contribution is -0.126. The molecule has 0 saturated carbocycles. The van der Waals surface area contributed by atoms with E-state index in [4.69, 9.17) is 16.3 Å². The minimum absolute atomic E-state index is 0.104. The monoisotopic (exact) mass is 486 g/mol. The smallest absolute Gasteiger partial charge is 0.243 e. The Labute approximate surface area is 199 Å². The Kier molecular flexibility index (Phi) is 7.22. The molecule has 1 heterocycles. The highest BCUT2D eigenvalue weighted by atomic mass is 35.5. The van der Waals surface area contributed by atoms with Gasteiger partial charge < -0.3 is 10.1 Å². The summed E-state index contributed by atoms with van der Waals surface area (Å²) < 4.78 is 33.2. The highest BCUT2D eigenvalue weighted by Gasteiger charge is 2.33. The van der Waals surface area contributed by atoms with E-state index in [2.05, 4.69) is 5.32 Å². The number of fused-ring (bicyclic) bond motifs is 1. The van der Waals surface area contributed by atoms with Crippen molar-refractivity contribution < 1.29 is 17.9 Å². The third-order valence-electron chi connectivity index (χ3n) is 5.93. The number of piperidine rings is 1. The molecule has 1 amide bonds. The van der Waals surface area contributed by atoms with Gasteiger partial charge in [-0.3, -0.25) is 4.79 Å². The van der Waals surface area contributed by atoms with Gasteiger partial charge in [0.25, 0.3) is 0 Å². The predicted molar refractivity (Wildman–Crippen MR) is 130 cm³/mol. The summed E-state index contributed by atoms with van der Waals surface area (Å²) >= 11 is 6.20. The van der Waals surface area contributed by atoms with Crippen molar-refractivity contribution in [1.29, 1.82) is 0 Å². The molecule has 1 aliphatic heterocycles. The summed E-state index contributed by atoms with van der Waals surface area (Å²) in [5, 5.41) is 5.47. The maximum atomic E-state index is 13.2. The van der Waals surface area contributed by atoms with Crippen LogP contribution in [0.3, 0.4) is 0 Å². The lowest BCUT2D eigenvalue weighted by atomic mass is 9.98. The van der Waals surface area contributed by atoms with Crippen LogP contribution in [0.25, 0.3) is 10.8 Å². The van der Waals surface area contributed by atoms with Crippen LogP contribution in [-0.2, 0) is 21.4 Å². The van der Waals surface area contributed by atoms with E-state index in [1.165, 1.54) is 16.4 Å². The van der Waals surface area contributed by atoms with Crippen LogP contribution in [0.1, 0.15) is 25.3 Å². The van der Waals surface area contributed by atoms with Crippen LogP contribution in [0.2, 0.25) is 5.02 Å². The zero-order valence-corrected chi connectivity index (χ0v) is 20.0. The van der Waals surface area contributed by atoms with Crippen molar-refractivity contribution in [3.8, 4) is 5.75 Å². The first-order valence-electron chi connectivity index (χ1n) is 11.1. The van der Waals surface area contributed by atoms with Gasteiger partial charge in [0.1, 0.15) is 5.75 Å². The maximum absolute atomic E-state index is 13.2. The number of nitrogens with zero attached hydrogens (tertiary/aromatic N) is 1. The molecule has 8 heteroatoms. The number of halogens is 1. The number of sulfonamides is 1. The van der Waals surface area contributed by atoms with E-state index in [0.717, 1.165) is 16.3 Å². The van der Waals surface area contributed by atoms with Crippen LogP contribution in [0.15, 0.2) is 65.6 Å². The number of hydrogen-bond acceptors (Lipinski definition) is 4. The summed E-state index contributed by atoms with van der Waals surface area (Å²) in [6.07, 6.45) is 1.27. The van der Waals surface area contributed by atoms with Gasteiger partial charge in [0.15, 0.2) is 0 Å². The molecule has 1 saturated heterocycles. The standard InChI is InChI=1S/C25H27ClN2O4S/c1-2-32-24-13-12-21(15-23(24)26)33(30,31)28-14-6-10-20(17-28)25(29)27-16-19-9-5-8-18-7-3-4-11-22(18)19/h3-5,7-9,11-13,15,20H,2,6,10,14,16-17H2,1H3,(H,27,29)/t20-/m1/s1. The molecule has 1 aliphatic rings. The fraction of sp³-hybridized carbons (Fsp3) is 0.320. The lowest BCUT2D eigenvalue weighted by Gasteiger charge is -2.31. The third kappa shape index (κ3) is 5.16. The largest absolute Gasteiger partial charge is 0.492 e. The van der Waals surface area contributed by atoms with Crippen molar-refractivity contribution in [1.82, 2.24) is 9.62 Å². The van der Waals surface area contributed by atoms with Gasteiger partial charge in [-0.05, 0) is 54.3 Å². The molecule has 4 rings (SSSR count). The fourth-order valence-corrected chi connectivity index (χ4v) is 6.06. The first-order chi connectivity index (χ1) is 15.9. The number of ether oxygens (including phenoxy) is 1. The number of hydrogen-bond donors (Lipinski definition) is 1. The van der Waals surface area contributed by atoms with E-state index in [1.807, 2.05) is 49.4 Å². The Morgan fingerprint density at radius 3 is 2.73 bits per heavy atom. The number of carbonyl (C=O) groups excluding carboxylic acids is 1. The molecule has 0 aliphatic carbocycles. The van der Waals surface area contributed by atoms with E-state index < -0.39 is 15.9 Å². The molecule has 0 radical (unpaired) electrons. The summed E-state index contributed by atoms with van der Waals surface area (Å²) in [6, 6.07) is 18.5.